The number of likely N-dealkylation sites (tertiary alicyclic amines) is 1. The van der Waals surface area contributed by atoms with Crippen LogP contribution in [0.15, 0.2) is 24.4 Å². The summed E-state index contributed by atoms with van der Waals surface area (Å²) in [6.07, 6.45) is 2.01. The third-order valence-electron chi connectivity index (χ3n) is 4.19. The number of halogens is 1. The van der Waals surface area contributed by atoms with E-state index in [1.54, 1.807) is 12.3 Å². The van der Waals surface area contributed by atoms with Gasteiger partial charge in [-0.1, -0.05) is 6.07 Å². The molecule has 22 heavy (non-hydrogen) atoms. The molecule has 6 heteroatoms. The second-order valence-electron chi connectivity index (χ2n) is 5.79. The van der Waals surface area contributed by atoms with Crippen LogP contribution in [-0.2, 0) is 6.54 Å². The lowest BCUT2D eigenvalue weighted by Gasteiger charge is -2.16. The Balaban J connectivity index is 1.84. The molecule has 0 amide bonds. The SMILES string of the molecule is Cc1nn(-c2ccccn2)c(C)c1CN1CCC(F)(C#N)C1. The van der Waals surface area contributed by atoms with Crippen molar-refractivity contribution in [2.75, 3.05) is 13.1 Å². The number of aryl methyl sites for hydroxylation is 1. The van der Waals surface area contributed by atoms with Gasteiger partial charge < -0.3 is 0 Å². The number of hydrogen-bond acceptors (Lipinski definition) is 4. The van der Waals surface area contributed by atoms with Crippen LogP contribution < -0.4 is 0 Å². The fourth-order valence-electron chi connectivity index (χ4n) is 2.90. The van der Waals surface area contributed by atoms with Gasteiger partial charge >= 0.3 is 0 Å². The van der Waals surface area contributed by atoms with Crippen LogP contribution in [-0.4, -0.2) is 38.4 Å². The van der Waals surface area contributed by atoms with Crippen molar-refractivity contribution in [3.05, 3.63) is 41.3 Å². The number of nitriles is 1. The first-order chi connectivity index (χ1) is 10.5. The van der Waals surface area contributed by atoms with Crippen LogP contribution >= 0.6 is 0 Å². The molecule has 5 nitrogen and oxygen atoms in total. The van der Waals surface area contributed by atoms with Gasteiger partial charge in [0.05, 0.1) is 5.69 Å². The van der Waals surface area contributed by atoms with Crippen LogP contribution in [0.3, 0.4) is 0 Å². The molecule has 0 radical (unpaired) electrons. The molecule has 0 aromatic carbocycles. The lowest BCUT2D eigenvalue weighted by molar-refractivity contribution is 0.225. The highest BCUT2D eigenvalue weighted by atomic mass is 19.1. The average Bonchev–Trinajstić information content (AvgIpc) is 3.04. The smallest absolute Gasteiger partial charge is 0.209 e. The van der Waals surface area contributed by atoms with Crippen molar-refractivity contribution in [2.24, 2.45) is 0 Å². The van der Waals surface area contributed by atoms with Crippen LogP contribution in [0, 0.1) is 25.2 Å². The summed E-state index contributed by atoms with van der Waals surface area (Å²) >= 11 is 0. The first-order valence-electron chi connectivity index (χ1n) is 7.31. The van der Waals surface area contributed by atoms with Crippen LogP contribution in [0.25, 0.3) is 5.82 Å². The fourth-order valence-corrected chi connectivity index (χ4v) is 2.90. The monoisotopic (exact) mass is 299 g/mol. The molecule has 1 unspecified atom stereocenters. The first kappa shape index (κ1) is 14.7. The summed E-state index contributed by atoms with van der Waals surface area (Å²) in [6.45, 7) is 5.31. The molecule has 3 rings (SSSR count). The molecule has 0 spiro atoms. The summed E-state index contributed by atoms with van der Waals surface area (Å²) in [5.74, 6) is 0.771. The standard InChI is InChI=1S/C16H18FN5/c1-12-14(9-21-8-6-16(17,10-18)11-21)13(2)22(20-12)15-5-3-4-7-19-15/h3-5,7H,6,8-9,11H2,1-2H3. The van der Waals surface area contributed by atoms with Crippen LogP contribution in [0.2, 0.25) is 0 Å². The highest BCUT2D eigenvalue weighted by molar-refractivity contribution is 5.32. The van der Waals surface area contributed by atoms with Crippen molar-refractivity contribution >= 4 is 0 Å². The molecule has 1 atom stereocenters. The van der Waals surface area contributed by atoms with Crippen LogP contribution in [0.4, 0.5) is 4.39 Å². The van der Waals surface area contributed by atoms with E-state index in [4.69, 9.17) is 5.26 Å². The number of nitrogens with zero attached hydrogens (tertiary/aromatic N) is 5. The molecule has 1 fully saturated rings. The molecule has 1 aliphatic rings. The van der Waals surface area contributed by atoms with Gasteiger partial charge in [-0.25, -0.2) is 14.1 Å². The highest BCUT2D eigenvalue weighted by Gasteiger charge is 2.38. The minimum Gasteiger partial charge on any atom is -0.295 e. The summed E-state index contributed by atoms with van der Waals surface area (Å²) < 4.78 is 15.8. The van der Waals surface area contributed by atoms with Crippen molar-refractivity contribution in [3.63, 3.8) is 0 Å². The lowest BCUT2D eigenvalue weighted by atomic mass is 10.1. The Morgan fingerprint density at radius 2 is 2.23 bits per heavy atom. The largest absolute Gasteiger partial charge is 0.295 e. The van der Waals surface area contributed by atoms with Gasteiger partial charge in [0.2, 0.25) is 5.67 Å². The topological polar surface area (TPSA) is 57.7 Å². The molecule has 0 aliphatic carbocycles. The summed E-state index contributed by atoms with van der Waals surface area (Å²) in [5.41, 5.74) is 1.28. The minimum atomic E-state index is -1.71. The van der Waals surface area contributed by atoms with E-state index in [0.29, 0.717) is 13.1 Å². The van der Waals surface area contributed by atoms with Crippen molar-refractivity contribution < 1.29 is 4.39 Å². The van der Waals surface area contributed by atoms with Gasteiger partial charge in [-0.2, -0.15) is 10.4 Å². The van der Waals surface area contributed by atoms with Gasteiger partial charge in [0.25, 0.3) is 0 Å². The van der Waals surface area contributed by atoms with Crippen molar-refractivity contribution in [3.8, 4) is 11.9 Å². The van der Waals surface area contributed by atoms with E-state index in [-0.39, 0.29) is 13.0 Å². The average molecular weight is 299 g/mol. The zero-order valence-corrected chi connectivity index (χ0v) is 12.8. The number of hydrogen-bond donors (Lipinski definition) is 0. The molecule has 2 aromatic rings. The zero-order valence-electron chi connectivity index (χ0n) is 12.8. The maximum absolute atomic E-state index is 14.0. The Morgan fingerprint density at radius 3 is 2.86 bits per heavy atom. The van der Waals surface area contributed by atoms with Gasteiger partial charge in [0.1, 0.15) is 6.07 Å². The van der Waals surface area contributed by atoms with Crippen LogP contribution in [0.1, 0.15) is 23.4 Å². The molecule has 0 N–H and O–H groups in total. The Hall–Kier alpha value is -2.26. The van der Waals surface area contributed by atoms with Gasteiger partial charge in [-0.15, -0.1) is 0 Å². The summed E-state index contributed by atoms with van der Waals surface area (Å²) in [4.78, 5) is 6.29. The Morgan fingerprint density at radius 1 is 1.41 bits per heavy atom. The predicted octanol–water partition coefficient (Wildman–Crippen LogP) is 2.32. The van der Waals surface area contributed by atoms with E-state index in [1.165, 1.54) is 0 Å². The molecule has 2 aromatic heterocycles. The summed E-state index contributed by atoms with van der Waals surface area (Å²) in [7, 11) is 0. The van der Waals surface area contributed by atoms with E-state index < -0.39 is 5.67 Å². The van der Waals surface area contributed by atoms with E-state index in [1.807, 2.05) is 41.6 Å². The third-order valence-corrected chi connectivity index (χ3v) is 4.19. The molecule has 1 aliphatic heterocycles. The normalized spacial score (nSPS) is 21.9. The van der Waals surface area contributed by atoms with E-state index in [2.05, 4.69) is 10.1 Å². The molecule has 1 saturated heterocycles. The number of aromatic nitrogens is 3. The van der Waals surface area contributed by atoms with Crippen molar-refractivity contribution in [1.82, 2.24) is 19.7 Å². The van der Waals surface area contributed by atoms with E-state index in [9.17, 15) is 4.39 Å². The molecular weight excluding hydrogens is 281 g/mol. The number of alkyl halides is 1. The van der Waals surface area contributed by atoms with E-state index in [0.717, 1.165) is 22.8 Å². The molecule has 0 bridgehead atoms. The summed E-state index contributed by atoms with van der Waals surface area (Å²) in [5, 5.41) is 13.4. The second kappa shape index (κ2) is 5.50. The maximum Gasteiger partial charge on any atom is 0.209 e. The maximum atomic E-state index is 14.0. The molecule has 0 saturated carbocycles. The summed E-state index contributed by atoms with van der Waals surface area (Å²) in [6, 6.07) is 7.47. The quantitative estimate of drug-likeness (QED) is 0.873. The van der Waals surface area contributed by atoms with Gasteiger partial charge in [-0.3, -0.25) is 4.90 Å². The van der Waals surface area contributed by atoms with Crippen molar-refractivity contribution in [2.45, 2.75) is 32.5 Å². The Kier molecular flexibility index (Phi) is 3.67. The zero-order chi connectivity index (χ0) is 15.7. The highest BCUT2D eigenvalue weighted by Crippen LogP contribution is 2.27. The number of rotatable bonds is 3. The van der Waals surface area contributed by atoms with Gasteiger partial charge in [0.15, 0.2) is 5.82 Å². The van der Waals surface area contributed by atoms with Crippen LogP contribution in [0.5, 0.6) is 0 Å². The van der Waals surface area contributed by atoms with Crippen molar-refractivity contribution in [1.29, 1.82) is 5.26 Å². The lowest BCUT2D eigenvalue weighted by Crippen LogP contribution is -2.27. The van der Waals surface area contributed by atoms with Gasteiger partial charge in [-0.05, 0) is 26.0 Å². The number of pyridine rings is 1. The molecule has 114 valence electrons. The van der Waals surface area contributed by atoms with Gasteiger partial charge in [0, 0.05) is 43.5 Å². The Bertz CT molecular complexity index is 718. The minimum absolute atomic E-state index is 0.164. The second-order valence-corrected chi connectivity index (χ2v) is 5.79. The molecular formula is C16H18FN5. The fraction of sp³-hybridized carbons (Fsp3) is 0.438. The van der Waals surface area contributed by atoms with E-state index >= 15 is 0 Å². The predicted molar refractivity (Wildman–Crippen MR) is 80.2 cm³/mol. The first-order valence-corrected chi connectivity index (χ1v) is 7.31. The third kappa shape index (κ3) is 2.60. The molecule has 3 heterocycles. The Labute approximate surface area is 129 Å².